The van der Waals surface area contributed by atoms with Crippen LogP contribution in [-0.2, 0) is 0 Å². The van der Waals surface area contributed by atoms with Gasteiger partial charge in [0, 0.05) is 35.7 Å². The highest BCUT2D eigenvalue weighted by Crippen LogP contribution is 2.47. The Morgan fingerprint density at radius 2 is 1.86 bits per heavy atom. The number of allylic oxidation sites excluding steroid dienone is 1. The molecule has 0 spiro atoms. The molecule has 0 amide bonds. The molecule has 2 aliphatic rings. The Kier molecular flexibility index (Phi) is 7.07. The number of halogens is 2. The van der Waals surface area contributed by atoms with Crippen molar-refractivity contribution in [3.8, 4) is 23.0 Å². The van der Waals surface area contributed by atoms with Gasteiger partial charge in [-0.15, -0.1) is 0 Å². The van der Waals surface area contributed by atoms with E-state index in [0.29, 0.717) is 23.7 Å². The number of likely N-dealkylation sites (tertiary alicyclic amines) is 1. The number of fused-ring (bicyclic) bond motifs is 1. The zero-order valence-electron chi connectivity index (χ0n) is 21.0. The summed E-state index contributed by atoms with van der Waals surface area (Å²) in [6.45, 7) is 5.92. The Morgan fingerprint density at radius 3 is 2.57 bits per heavy atom. The van der Waals surface area contributed by atoms with Crippen molar-refractivity contribution in [2.75, 3.05) is 26.4 Å². The number of phenols is 2. The molecule has 3 aromatic carbocycles. The second-order valence-corrected chi connectivity index (χ2v) is 9.92. The van der Waals surface area contributed by atoms with Gasteiger partial charge in [0.15, 0.2) is 11.6 Å². The van der Waals surface area contributed by atoms with E-state index in [2.05, 4.69) is 11.8 Å². The largest absolute Gasteiger partial charge is 0.508 e. The van der Waals surface area contributed by atoms with Crippen LogP contribution in [-0.4, -0.2) is 47.5 Å². The van der Waals surface area contributed by atoms with Crippen LogP contribution >= 0.6 is 0 Å². The number of ether oxygens (including phenoxy) is 2. The van der Waals surface area contributed by atoms with E-state index in [1.165, 1.54) is 12.1 Å². The molecule has 0 radical (unpaired) electrons. The average molecular weight is 508 g/mol. The number of nitrogens with zero attached hydrogens (tertiary/aromatic N) is 1. The first kappa shape index (κ1) is 25.1. The van der Waals surface area contributed by atoms with Crippen molar-refractivity contribution < 1.29 is 28.5 Å². The third-order valence-corrected chi connectivity index (χ3v) is 7.37. The molecule has 7 heteroatoms. The van der Waals surface area contributed by atoms with E-state index in [0.717, 1.165) is 41.8 Å². The molecule has 0 bridgehead atoms. The van der Waals surface area contributed by atoms with Crippen LogP contribution < -0.4 is 9.47 Å². The van der Waals surface area contributed by atoms with Crippen LogP contribution in [0.1, 0.15) is 43.1 Å². The molecule has 3 atom stereocenters. The lowest BCUT2D eigenvalue weighted by atomic mass is 9.86. The van der Waals surface area contributed by atoms with Gasteiger partial charge in [0.2, 0.25) is 0 Å². The Balaban J connectivity index is 1.39. The molecule has 37 heavy (non-hydrogen) atoms. The van der Waals surface area contributed by atoms with Crippen molar-refractivity contribution in [3.05, 3.63) is 83.2 Å². The summed E-state index contributed by atoms with van der Waals surface area (Å²) < 4.78 is 39.7. The minimum atomic E-state index is -0.707. The smallest absolute Gasteiger partial charge is 0.165 e. The minimum Gasteiger partial charge on any atom is -0.508 e. The van der Waals surface area contributed by atoms with E-state index in [1.54, 1.807) is 24.3 Å². The van der Waals surface area contributed by atoms with E-state index < -0.39 is 17.7 Å². The van der Waals surface area contributed by atoms with Crippen molar-refractivity contribution in [2.24, 2.45) is 5.92 Å². The topological polar surface area (TPSA) is 62.2 Å². The van der Waals surface area contributed by atoms with Crippen LogP contribution in [0.3, 0.4) is 0 Å². The molecule has 0 saturated carbocycles. The quantitative estimate of drug-likeness (QED) is 0.390. The second kappa shape index (κ2) is 10.4. The number of rotatable bonds is 7. The molecule has 3 unspecified atom stereocenters. The molecule has 0 aromatic heterocycles. The van der Waals surface area contributed by atoms with Crippen molar-refractivity contribution in [2.45, 2.75) is 32.4 Å². The Bertz CT molecular complexity index is 1310. The fourth-order valence-corrected chi connectivity index (χ4v) is 5.17. The molecule has 1 fully saturated rings. The number of alkyl halides is 1. The highest BCUT2D eigenvalue weighted by Gasteiger charge is 2.30. The van der Waals surface area contributed by atoms with Gasteiger partial charge < -0.3 is 19.7 Å². The van der Waals surface area contributed by atoms with Gasteiger partial charge >= 0.3 is 0 Å². The fraction of sp³-hybridized carbons (Fsp3) is 0.333. The van der Waals surface area contributed by atoms with Gasteiger partial charge in [-0.3, -0.25) is 9.29 Å². The van der Waals surface area contributed by atoms with Gasteiger partial charge in [-0.2, -0.15) is 0 Å². The monoisotopic (exact) mass is 507 g/mol. The molecular weight excluding hydrogens is 476 g/mol. The third-order valence-electron chi connectivity index (χ3n) is 7.37. The highest BCUT2D eigenvalue weighted by atomic mass is 19.1. The predicted octanol–water partition coefficient (Wildman–Crippen LogP) is 6.36. The normalized spacial score (nSPS) is 20.4. The lowest BCUT2D eigenvalue weighted by Crippen LogP contribution is -2.35. The SMILES string of the molecule is CC1=C(c2ccc(O)c(F)c2)C(c2ccc(OCC(C)N3CCC(CF)C3)cc2)Oc2cc(O)ccc21. The number of phenolic OH excluding ortho intramolecular Hbond substituents is 2. The maximum absolute atomic E-state index is 14.3. The first-order chi connectivity index (χ1) is 17.8. The summed E-state index contributed by atoms with van der Waals surface area (Å²) in [5.74, 6) is 0.350. The van der Waals surface area contributed by atoms with E-state index in [1.807, 2.05) is 31.2 Å². The van der Waals surface area contributed by atoms with Crippen LogP contribution in [0.25, 0.3) is 11.1 Å². The lowest BCUT2D eigenvalue weighted by Gasteiger charge is -2.31. The van der Waals surface area contributed by atoms with E-state index >= 15 is 0 Å². The first-order valence-electron chi connectivity index (χ1n) is 12.6. The van der Waals surface area contributed by atoms with Crippen LogP contribution in [0.4, 0.5) is 8.78 Å². The summed E-state index contributed by atoms with van der Waals surface area (Å²) in [5, 5.41) is 19.7. The molecule has 2 heterocycles. The van der Waals surface area contributed by atoms with Crippen molar-refractivity contribution >= 4 is 11.1 Å². The first-order valence-corrected chi connectivity index (χ1v) is 12.6. The van der Waals surface area contributed by atoms with E-state index in [-0.39, 0.29) is 24.4 Å². The molecule has 194 valence electrons. The molecule has 5 nitrogen and oxygen atoms in total. The van der Waals surface area contributed by atoms with Gasteiger partial charge in [0.1, 0.15) is 30.0 Å². The summed E-state index contributed by atoms with van der Waals surface area (Å²) in [6.07, 6.45) is 0.325. The molecule has 0 aliphatic carbocycles. The standard InChI is InChI=1S/C30H31F2NO4/c1-18(33-12-11-20(15-31)16-33)17-36-24-7-3-21(4-8-24)30-29(22-5-10-27(35)26(32)13-22)19(2)25-9-6-23(34)14-28(25)37-30/h3-10,13-14,18,20,30,34-35H,11-12,15-17H2,1-2H3. The van der Waals surface area contributed by atoms with Gasteiger partial charge in [-0.05, 0) is 79.9 Å². The maximum Gasteiger partial charge on any atom is 0.165 e. The maximum atomic E-state index is 14.3. The predicted molar refractivity (Wildman–Crippen MR) is 139 cm³/mol. The summed E-state index contributed by atoms with van der Waals surface area (Å²) >= 11 is 0. The minimum absolute atomic E-state index is 0.0955. The molecule has 2 aliphatic heterocycles. The Hall–Kier alpha value is -3.58. The Labute approximate surface area is 215 Å². The van der Waals surface area contributed by atoms with Crippen molar-refractivity contribution in [1.82, 2.24) is 4.90 Å². The number of benzene rings is 3. The van der Waals surface area contributed by atoms with Crippen molar-refractivity contribution in [3.63, 3.8) is 0 Å². The van der Waals surface area contributed by atoms with Crippen LogP contribution in [0.2, 0.25) is 0 Å². The van der Waals surface area contributed by atoms with Gasteiger partial charge in [-0.1, -0.05) is 18.2 Å². The highest BCUT2D eigenvalue weighted by molar-refractivity contribution is 5.95. The number of hydrogen-bond donors (Lipinski definition) is 2. The van der Waals surface area contributed by atoms with Gasteiger partial charge in [0.05, 0.1) is 6.67 Å². The summed E-state index contributed by atoms with van der Waals surface area (Å²) in [7, 11) is 0. The Morgan fingerprint density at radius 1 is 1.08 bits per heavy atom. The summed E-state index contributed by atoms with van der Waals surface area (Å²) in [6, 6.07) is 17.0. The van der Waals surface area contributed by atoms with Crippen LogP contribution in [0.15, 0.2) is 60.7 Å². The van der Waals surface area contributed by atoms with Gasteiger partial charge in [0.25, 0.3) is 0 Å². The lowest BCUT2D eigenvalue weighted by molar-refractivity contribution is 0.165. The van der Waals surface area contributed by atoms with Crippen LogP contribution in [0, 0.1) is 11.7 Å². The molecular formula is C30H31F2NO4. The van der Waals surface area contributed by atoms with Crippen molar-refractivity contribution in [1.29, 1.82) is 0 Å². The zero-order chi connectivity index (χ0) is 26.1. The second-order valence-electron chi connectivity index (χ2n) is 9.92. The molecule has 1 saturated heterocycles. The van der Waals surface area contributed by atoms with E-state index in [9.17, 15) is 19.0 Å². The fourth-order valence-electron chi connectivity index (χ4n) is 5.17. The summed E-state index contributed by atoms with van der Waals surface area (Å²) in [5.41, 5.74) is 3.91. The number of hydrogen-bond acceptors (Lipinski definition) is 5. The van der Waals surface area contributed by atoms with Crippen LogP contribution in [0.5, 0.6) is 23.0 Å². The molecule has 5 rings (SSSR count). The molecule has 2 N–H and O–H groups in total. The summed E-state index contributed by atoms with van der Waals surface area (Å²) in [4.78, 5) is 2.26. The van der Waals surface area contributed by atoms with Gasteiger partial charge in [-0.25, -0.2) is 4.39 Å². The zero-order valence-corrected chi connectivity index (χ0v) is 21.0. The number of aromatic hydroxyl groups is 2. The molecule has 3 aromatic rings. The third kappa shape index (κ3) is 5.14. The average Bonchev–Trinajstić information content (AvgIpc) is 3.39. The van der Waals surface area contributed by atoms with E-state index in [4.69, 9.17) is 9.47 Å².